The number of hydrogen-bond donors (Lipinski definition) is 1. The number of amides is 1. The largest absolute Gasteiger partial charge is 0.490 e. The molecule has 0 spiro atoms. The molecule has 0 radical (unpaired) electrons. The van der Waals surface area contributed by atoms with Crippen LogP contribution in [0.3, 0.4) is 0 Å². The van der Waals surface area contributed by atoms with Gasteiger partial charge in [-0.05, 0) is 30.7 Å². The van der Waals surface area contributed by atoms with Gasteiger partial charge in [-0.15, -0.1) is 0 Å². The van der Waals surface area contributed by atoms with Crippen molar-refractivity contribution in [1.29, 1.82) is 0 Å². The third kappa shape index (κ3) is 3.99. The van der Waals surface area contributed by atoms with Gasteiger partial charge in [0.05, 0.1) is 6.61 Å². The van der Waals surface area contributed by atoms with Gasteiger partial charge in [0.1, 0.15) is 6.61 Å². The van der Waals surface area contributed by atoms with Crippen molar-refractivity contribution in [3.63, 3.8) is 0 Å². The first kappa shape index (κ1) is 14.9. The highest BCUT2D eigenvalue weighted by Crippen LogP contribution is 2.29. The molecule has 0 aliphatic carbocycles. The number of nitrogens with one attached hydrogen (secondary N) is 1. The molecule has 0 aromatic heterocycles. The number of carbonyl (C=O) groups excluding carboxylic acids is 1. The van der Waals surface area contributed by atoms with Gasteiger partial charge in [-0.3, -0.25) is 4.79 Å². The molecule has 0 fully saturated rings. The maximum Gasteiger partial charge on any atom is 0.251 e. The van der Waals surface area contributed by atoms with Gasteiger partial charge in [0.25, 0.3) is 5.91 Å². The molecule has 0 heterocycles. The van der Waals surface area contributed by atoms with E-state index in [2.05, 4.69) is 5.32 Å². The van der Waals surface area contributed by atoms with E-state index in [1.807, 2.05) is 37.3 Å². The Morgan fingerprint density at radius 2 is 1.81 bits per heavy atom. The second-order valence-electron chi connectivity index (χ2n) is 4.45. The molecule has 0 bridgehead atoms. The fraction of sp³-hybridized carbons (Fsp3) is 0.235. The number of rotatable bonds is 6. The summed E-state index contributed by atoms with van der Waals surface area (Å²) in [6.07, 6.45) is 0. The minimum absolute atomic E-state index is 0.148. The summed E-state index contributed by atoms with van der Waals surface area (Å²) >= 11 is 0. The van der Waals surface area contributed by atoms with Crippen molar-refractivity contribution in [1.82, 2.24) is 5.32 Å². The van der Waals surface area contributed by atoms with Crippen LogP contribution >= 0.6 is 0 Å². The van der Waals surface area contributed by atoms with Crippen molar-refractivity contribution >= 4 is 5.91 Å². The summed E-state index contributed by atoms with van der Waals surface area (Å²) in [5.41, 5.74) is 1.63. The van der Waals surface area contributed by atoms with E-state index in [1.54, 1.807) is 25.2 Å². The monoisotopic (exact) mass is 285 g/mol. The van der Waals surface area contributed by atoms with E-state index >= 15 is 0 Å². The Morgan fingerprint density at radius 3 is 2.48 bits per heavy atom. The Morgan fingerprint density at radius 1 is 1.05 bits per heavy atom. The summed E-state index contributed by atoms with van der Waals surface area (Å²) in [5.74, 6) is 1.06. The van der Waals surface area contributed by atoms with Gasteiger partial charge >= 0.3 is 0 Å². The zero-order valence-electron chi connectivity index (χ0n) is 12.3. The lowest BCUT2D eigenvalue weighted by Crippen LogP contribution is -2.17. The lowest BCUT2D eigenvalue weighted by Gasteiger charge is -2.13. The van der Waals surface area contributed by atoms with Crippen molar-refractivity contribution in [3.05, 3.63) is 59.7 Å². The van der Waals surface area contributed by atoms with Crippen molar-refractivity contribution in [2.45, 2.75) is 13.5 Å². The van der Waals surface area contributed by atoms with E-state index in [1.165, 1.54) is 0 Å². The Bertz CT molecular complexity index is 596. The second kappa shape index (κ2) is 7.33. The average Bonchev–Trinajstić information content (AvgIpc) is 2.54. The summed E-state index contributed by atoms with van der Waals surface area (Å²) < 4.78 is 11.3. The van der Waals surface area contributed by atoms with E-state index in [4.69, 9.17) is 9.47 Å². The van der Waals surface area contributed by atoms with E-state index in [0.717, 1.165) is 5.56 Å². The van der Waals surface area contributed by atoms with E-state index in [0.29, 0.717) is 30.3 Å². The van der Waals surface area contributed by atoms with Crippen LogP contribution in [0.5, 0.6) is 11.5 Å². The van der Waals surface area contributed by atoms with Gasteiger partial charge in [0.2, 0.25) is 0 Å². The molecule has 4 heteroatoms. The molecule has 2 aromatic rings. The first-order chi connectivity index (χ1) is 10.2. The number of benzene rings is 2. The van der Waals surface area contributed by atoms with E-state index in [9.17, 15) is 4.79 Å². The van der Waals surface area contributed by atoms with Crippen LogP contribution in [0.1, 0.15) is 22.8 Å². The molecule has 0 saturated heterocycles. The fourth-order valence-electron chi connectivity index (χ4n) is 1.92. The van der Waals surface area contributed by atoms with Crippen LogP contribution in [0, 0.1) is 0 Å². The predicted octanol–water partition coefficient (Wildman–Crippen LogP) is 3.02. The molecule has 0 saturated carbocycles. The highest BCUT2D eigenvalue weighted by molar-refractivity contribution is 5.94. The molecule has 1 amide bonds. The van der Waals surface area contributed by atoms with Crippen molar-refractivity contribution in [2.24, 2.45) is 0 Å². The molecule has 1 N–H and O–H groups in total. The smallest absolute Gasteiger partial charge is 0.251 e. The molecule has 110 valence electrons. The zero-order valence-corrected chi connectivity index (χ0v) is 12.3. The van der Waals surface area contributed by atoms with E-state index < -0.39 is 0 Å². The summed E-state index contributed by atoms with van der Waals surface area (Å²) in [6.45, 7) is 2.87. The van der Waals surface area contributed by atoms with Crippen molar-refractivity contribution < 1.29 is 14.3 Å². The highest BCUT2D eigenvalue weighted by atomic mass is 16.5. The molecule has 2 aromatic carbocycles. The van der Waals surface area contributed by atoms with Crippen LogP contribution in [0.2, 0.25) is 0 Å². The third-order valence-electron chi connectivity index (χ3n) is 2.97. The number of carbonyl (C=O) groups is 1. The van der Waals surface area contributed by atoms with Crippen LogP contribution in [-0.4, -0.2) is 19.6 Å². The predicted molar refractivity (Wildman–Crippen MR) is 81.8 cm³/mol. The topological polar surface area (TPSA) is 47.6 Å². The van der Waals surface area contributed by atoms with Gasteiger partial charge in [0, 0.05) is 12.6 Å². The van der Waals surface area contributed by atoms with Gasteiger partial charge in [0.15, 0.2) is 11.5 Å². The molecule has 0 aliphatic heterocycles. The van der Waals surface area contributed by atoms with Crippen molar-refractivity contribution in [3.8, 4) is 11.5 Å². The maximum atomic E-state index is 11.7. The van der Waals surface area contributed by atoms with Crippen LogP contribution in [0.15, 0.2) is 48.5 Å². The SMILES string of the molecule is CCOc1cc(C(=O)NC)ccc1OCc1ccccc1. The standard InChI is InChI=1S/C17H19NO3/c1-3-20-16-11-14(17(19)18-2)9-10-15(16)21-12-13-7-5-4-6-8-13/h4-11H,3,12H2,1-2H3,(H,18,19). The molecule has 21 heavy (non-hydrogen) atoms. The first-order valence-electron chi connectivity index (χ1n) is 6.90. The quantitative estimate of drug-likeness (QED) is 0.887. The zero-order chi connectivity index (χ0) is 15.1. The minimum atomic E-state index is -0.148. The molecule has 0 aliphatic rings. The lowest BCUT2D eigenvalue weighted by molar-refractivity contribution is 0.0962. The summed E-state index contributed by atoms with van der Waals surface area (Å²) in [4.78, 5) is 11.7. The Balaban J connectivity index is 2.16. The summed E-state index contributed by atoms with van der Waals surface area (Å²) in [5, 5.41) is 2.59. The lowest BCUT2D eigenvalue weighted by atomic mass is 10.2. The van der Waals surface area contributed by atoms with Gasteiger partial charge in [-0.1, -0.05) is 30.3 Å². The summed E-state index contributed by atoms with van der Waals surface area (Å²) in [6, 6.07) is 15.1. The summed E-state index contributed by atoms with van der Waals surface area (Å²) in [7, 11) is 1.60. The highest BCUT2D eigenvalue weighted by Gasteiger charge is 2.10. The third-order valence-corrected chi connectivity index (χ3v) is 2.97. The maximum absolute atomic E-state index is 11.7. The molecule has 0 unspecified atom stereocenters. The fourth-order valence-corrected chi connectivity index (χ4v) is 1.92. The molecular formula is C17H19NO3. The van der Waals surface area contributed by atoms with Gasteiger partial charge in [-0.25, -0.2) is 0 Å². The molecule has 0 atom stereocenters. The van der Waals surface area contributed by atoms with Crippen LogP contribution < -0.4 is 14.8 Å². The van der Waals surface area contributed by atoms with Gasteiger partial charge < -0.3 is 14.8 Å². The number of hydrogen-bond acceptors (Lipinski definition) is 3. The Kier molecular flexibility index (Phi) is 5.21. The normalized spacial score (nSPS) is 10.0. The minimum Gasteiger partial charge on any atom is -0.490 e. The Hall–Kier alpha value is -2.49. The molecule has 2 rings (SSSR count). The second-order valence-corrected chi connectivity index (χ2v) is 4.45. The molecule has 4 nitrogen and oxygen atoms in total. The van der Waals surface area contributed by atoms with Crippen molar-refractivity contribution in [2.75, 3.05) is 13.7 Å². The van der Waals surface area contributed by atoms with Crippen LogP contribution in [0.25, 0.3) is 0 Å². The Labute approximate surface area is 124 Å². The van der Waals surface area contributed by atoms with Crippen LogP contribution in [-0.2, 0) is 6.61 Å². The average molecular weight is 285 g/mol. The van der Waals surface area contributed by atoms with Crippen LogP contribution in [0.4, 0.5) is 0 Å². The first-order valence-corrected chi connectivity index (χ1v) is 6.90. The van der Waals surface area contributed by atoms with Gasteiger partial charge in [-0.2, -0.15) is 0 Å². The molecular weight excluding hydrogens is 266 g/mol. The number of ether oxygens (including phenoxy) is 2. The van der Waals surface area contributed by atoms with E-state index in [-0.39, 0.29) is 5.91 Å².